The van der Waals surface area contributed by atoms with Gasteiger partial charge in [0.05, 0.1) is 10.2 Å². The second kappa shape index (κ2) is 3.93. The molecule has 0 spiro atoms. The van der Waals surface area contributed by atoms with Crippen LogP contribution in [-0.4, -0.2) is 10.2 Å². The molecular formula is C12H8Br2N2. The van der Waals surface area contributed by atoms with Crippen LogP contribution in [0, 0.1) is 0 Å². The number of aromatic nitrogens is 2. The summed E-state index contributed by atoms with van der Waals surface area (Å²) in [5.74, 6) is 0. The topological polar surface area (TPSA) is 25.8 Å². The summed E-state index contributed by atoms with van der Waals surface area (Å²) in [6.07, 6.45) is 2.01. The SMILES string of the molecule is Brc1nnc2c(c1Br)-c1ccccc1CC2. The summed E-state index contributed by atoms with van der Waals surface area (Å²) in [5, 5.41) is 8.34. The van der Waals surface area contributed by atoms with E-state index in [9.17, 15) is 0 Å². The number of aryl methyl sites for hydroxylation is 2. The average Bonchev–Trinajstić information content (AvgIpc) is 2.33. The van der Waals surface area contributed by atoms with E-state index in [-0.39, 0.29) is 0 Å². The molecule has 0 fully saturated rings. The zero-order valence-corrected chi connectivity index (χ0v) is 11.5. The van der Waals surface area contributed by atoms with Crippen LogP contribution < -0.4 is 0 Å². The van der Waals surface area contributed by atoms with Crippen molar-refractivity contribution in [3.63, 3.8) is 0 Å². The van der Waals surface area contributed by atoms with Gasteiger partial charge in [-0.25, -0.2) is 0 Å². The van der Waals surface area contributed by atoms with Crippen LogP contribution in [0.3, 0.4) is 0 Å². The molecule has 0 aliphatic heterocycles. The Morgan fingerprint density at radius 1 is 1.00 bits per heavy atom. The van der Waals surface area contributed by atoms with Crippen LogP contribution in [0.25, 0.3) is 11.1 Å². The highest BCUT2D eigenvalue weighted by molar-refractivity contribution is 9.13. The highest BCUT2D eigenvalue weighted by Gasteiger charge is 2.21. The second-order valence-corrected chi connectivity index (χ2v) is 5.33. The van der Waals surface area contributed by atoms with Gasteiger partial charge in [-0.1, -0.05) is 24.3 Å². The number of benzene rings is 1. The van der Waals surface area contributed by atoms with Crippen LogP contribution in [-0.2, 0) is 12.8 Å². The second-order valence-electron chi connectivity index (χ2n) is 3.78. The molecule has 0 saturated carbocycles. The molecule has 0 amide bonds. The van der Waals surface area contributed by atoms with E-state index < -0.39 is 0 Å². The van der Waals surface area contributed by atoms with Crippen molar-refractivity contribution >= 4 is 31.9 Å². The number of rotatable bonds is 0. The summed E-state index contributed by atoms with van der Waals surface area (Å²) in [6.45, 7) is 0. The van der Waals surface area contributed by atoms with Crippen LogP contribution in [0.5, 0.6) is 0 Å². The van der Waals surface area contributed by atoms with Crippen molar-refractivity contribution in [3.8, 4) is 11.1 Å². The third-order valence-corrected chi connectivity index (χ3v) is 4.72. The van der Waals surface area contributed by atoms with Crippen molar-refractivity contribution in [1.29, 1.82) is 0 Å². The Morgan fingerprint density at radius 3 is 2.69 bits per heavy atom. The van der Waals surface area contributed by atoms with E-state index in [4.69, 9.17) is 0 Å². The highest BCUT2D eigenvalue weighted by Crippen LogP contribution is 2.39. The Morgan fingerprint density at radius 2 is 1.81 bits per heavy atom. The molecule has 0 radical (unpaired) electrons. The van der Waals surface area contributed by atoms with Crippen LogP contribution >= 0.6 is 31.9 Å². The maximum absolute atomic E-state index is 4.25. The quantitative estimate of drug-likeness (QED) is 0.730. The predicted molar refractivity (Wildman–Crippen MR) is 70.3 cm³/mol. The van der Waals surface area contributed by atoms with Gasteiger partial charge in [-0.3, -0.25) is 0 Å². The molecule has 0 saturated heterocycles. The molecule has 1 aliphatic rings. The first-order valence-electron chi connectivity index (χ1n) is 5.06. The highest BCUT2D eigenvalue weighted by atomic mass is 79.9. The lowest BCUT2D eigenvalue weighted by atomic mass is 9.89. The molecule has 2 nitrogen and oxygen atoms in total. The average molecular weight is 340 g/mol. The van der Waals surface area contributed by atoms with Crippen molar-refractivity contribution in [2.75, 3.05) is 0 Å². The first-order valence-corrected chi connectivity index (χ1v) is 6.65. The normalized spacial score (nSPS) is 13.1. The van der Waals surface area contributed by atoms with Crippen LogP contribution in [0.15, 0.2) is 33.3 Å². The van der Waals surface area contributed by atoms with Crippen molar-refractivity contribution in [1.82, 2.24) is 10.2 Å². The molecule has 16 heavy (non-hydrogen) atoms. The smallest absolute Gasteiger partial charge is 0.143 e. The first-order chi connectivity index (χ1) is 7.77. The van der Waals surface area contributed by atoms with Gasteiger partial charge in [0.15, 0.2) is 0 Å². The van der Waals surface area contributed by atoms with Crippen LogP contribution in [0.4, 0.5) is 0 Å². The standard InChI is InChI=1S/C12H8Br2N2/c13-11-10-8-4-2-1-3-7(8)5-6-9(10)15-16-12(11)14/h1-4H,5-6H2. The zero-order chi connectivity index (χ0) is 11.1. The minimum absolute atomic E-state index is 0.767. The lowest BCUT2D eigenvalue weighted by molar-refractivity contribution is 0.834. The van der Waals surface area contributed by atoms with Gasteiger partial charge in [0.2, 0.25) is 0 Å². The van der Waals surface area contributed by atoms with E-state index in [0.717, 1.165) is 27.6 Å². The lowest BCUT2D eigenvalue weighted by Crippen LogP contribution is -2.08. The largest absolute Gasteiger partial charge is 0.154 e. The summed E-state index contributed by atoms with van der Waals surface area (Å²) in [6, 6.07) is 8.47. The summed E-state index contributed by atoms with van der Waals surface area (Å²) in [4.78, 5) is 0. The zero-order valence-electron chi connectivity index (χ0n) is 8.37. The molecule has 2 aromatic rings. The molecule has 0 unspecified atom stereocenters. The van der Waals surface area contributed by atoms with Crippen molar-refractivity contribution in [3.05, 3.63) is 44.6 Å². The first kappa shape index (κ1) is 10.4. The monoisotopic (exact) mass is 338 g/mol. The van der Waals surface area contributed by atoms with E-state index in [1.54, 1.807) is 0 Å². The summed E-state index contributed by atoms with van der Waals surface area (Å²) >= 11 is 6.99. The fraction of sp³-hybridized carbons (Fsp3) is 0.167. The van der Waals surface area contributed by atoms with Crippen molar-refractivity contribution in [2.45, 2.75) is 12.8 Å². The number of hydrogen-bond acceptors (Lipinski definition) is 2. The third kappa shape index (κ3) is 1.52. The molecule has 1 aromatic carbocycles. The van der Waals surface area contributed by atoms with Gasteiger partial charge in [-0.05, 0) is 55.8 Å². The van der Waals surface area contributed by atoms with Gasteiger partial charge < -0.3 is 0 Å². The summed E-state index contributed by atoms with van der Waals surface area (Å²) in [5.41, 5.74) is 4.92. The molecular weight excluding hydrogens is 332 g/mol. The number of fused-ring (bicyclic) bond motifs is 3. The van der Waals surface area contributed by atoms with Gasteiger partial charge in [0.1, 0.15) is 4.60 Å². The van der Waals surface area contributed by atoms with Gasteiger partial charge in [0.25, 0.3) is 0 Å². The molecule has 0 N–H and O–H groups in total. The van der Waals surface area contributed by atoms with E-state index in [0.29, 0.717) is 0 Å². The Labute approximate surface area is 110 Å². The molecule has 1 heterocycles. The van der Waals surface area contributed by atoms with Crippen molar-refractivity contribution < 1.29 is 0 Å². The van der Waals surface area contributed by atoms with E-state index in [1.807, 2.05) is 0 Å². The molecule has 0 atom stereocenters. The van der Waals surface area contributed by atoms with Gasteiger partial charge in [0, 0.05) is 5.56 Å². The fourth-order valence-electron chi connectivity index (χ4n) is 2.11. The molecule has 0 bridgehead atoms. The minimum atomic E-state index is 0.767. The van der Waals surface area contributed by atoms with Gasteiger partial charge >= 0.3 is 0 Å². The predicted octanol–water partition coefficient (Wildman–Crippen LogP) is 3.77. The molecule has 3 rings (SSSR count). The molecule has 1 aliphatic carbocycles. The minimum Gasteiger partial charge on any atom is -0.154 e. The summed E-state index contributed by atoms with van der Waals surface area (Å²) in [7, 11) is 0. The van der Waals surface area contributed by atoms with E-state index in [2.05, 4.69) is 66.3 Å². The molecule has 4 heteroatoms. The molecule has 1 aromatic heterocycles. The van der Waals surface area contributed by atoms with Crippen molar-refractivity contribution in [2.24, 2.45) is 0 Å². The Balaban J connectivity index is 2.34. The third-order valence-electron chi connectivity index (χ3n) is 2.87. The maximum atomic E-state index is 4.25. The van der Waals surface area contributed by atoms with E-state index in [1.165, 1.54) is 16.7 Å². The van der Waals surface area contributed by atoms with Gasteiger partial charge in [-0.15, -0.1) is 5.10 Å². The fourth-order valence-corrected chi connectivity index (χ4v) is 2.91. The van der Waals surface area contributed by atoms with Crippen LogP contribution in [0.2, 0.25) is 0 Å². The Bertz CT molecular complexity index is 567. The Hall–Kier alpha value is -0.740. The number of hydrogen-bond donors (Lipinski definition) is 0. The number of nitrogens with zero attached hydrogens (tertiary/aromatic N) is 2. The van der Waals surface area contributed by atoms with Gasteiger partial charge in [-0.2, -0.15) is 5.10 Å². The molecule has 80 valence electrons. The van der Waals surface area contributed by atoms with E-state index >= 15 is 0 Å². The lowest BCUT2D eigenvalue weighted by Gasteiger charge is -2.19. The summed E-state index contributed by atoms with van der Waals surface area (Å²) < 4.78 is 1.77. The number of halogens is 2. The van der Waals surface area contributed by atoms with Crippen LogP contribution in [0.1, 0.15) is 11.3 Å². The maximum Gasteiger partial charge on any atom is 0.143 e. The Kier molecular flexibility index (Phi) is 2.56.